The fourth-order valence-corrected chi connectivity index (χ4v) is 4.80. The molecule has 1 atom stereocenters. The number of hydrogen-bond donors (Lipinski definition) is 0. The van der Waals surface area contributed by atoms with Crippen LogP contribution in [0.3, 0.4) is 0 Å². The van der Waals surface area contributed by atoms with Crippen LogP contribution in [0, 0.1) is 0 Å². The smallest absolute Gasteiger partial charge is 0.301 e. The molecule has 0 spiro atoms. The van der Waals surface area contributed by atoms with E-state index in [0.29, 0.717) is 17.7 Å². The van der Waals surface area contributed by atoms with Crippen molar-refractivity contribution in [3.05, 3.63) is 92.4 Å². The molecule has 0 bridgehead atoms. The number of Topliss-reactive ketones (excluding diaryl/α,β-unsaturated/α-hetero) is 1. The highest BCUT2D eigenvalue weighted by Crippen LogP contribution is 2.37. The van der Waals surface area contributed by atoms with Gasteiger partial charge in [0.1, 0.15) is 12.4 Å². The maximum Gasteiger partial charge on any atom is 0.301 e. The van der Waals surface area contributed by atoms with Crippen LogP contribution in [0.4, 0.5) is 5.69 Å². The van der Waals surface area contributed by atoms with E-state index < -0.39 is 11.7 Å². The van der Waals surface area contributed by atoms with Crippen LogP contribution in [0.15, 0.2) is 80.8 Å². The number of halogens is 2. The van der Waals surface area contributed by atoms with Crippen molar-refractivity contribution in [3.8, 4) is 5.75 Å². The molecule has 0 saturated heterocycles. The van der Waals surface area contributed by atoms with Crippen LogP contribution in [-0.4, -0.2) is 36.2 Å². The van der Waals surface area contributed by atoms with Crippen LogP contribution in [0.1, 0.15) is 33.9 Å². The van der Waals surface area contributed by atoms with Gasteiger partial charge in [0.05, 0.1) is 30.1 Å². The predicted molar refractivity (Wildman–Crippen MR) is 134 cm³/mol. The zero-order valence-electron chi connectivity index (χ0n) is 17.7. The summed E-state index contributed by atoms with van der Waals surface area (Å²) in [5.41, 5.74) is 4.01. The highest BCUT2D eigenvalue weighted by atomic mass is 79.9. The minimum Gasteiger partial charge on any atom is -0.497 e. The molecule has 0 unspecified atom stereocenters. The van der Waals surface area contributed by atoms with E-state index >= 15 is 0 Å². The van der Waals surface area contributed by atoms with Crippen molar-refractivity contribution in [2.45, 2.75) is 12.5 Å². The third-order valence-corrected chi connectivity index (χ3v) is 6.92. The molecule has 3 aromatic rings. The Morgan fingerprint density at radius 1 is 0.970 bits per heavy atom. The Hall–Kier alpha value is -2.97. The van der Waals surface area contributed by atoms with Gasteiger partial charge in [-0.05, 0) is 65.7 Å². The number of amides is 1. The molecule has 6 nitrogen and oxygen atoms in total. The largest absolute Gasteiger partial charge is 0.497 e. The topological polar surface area (TPSA) is 62.2 Å². The monoisotopic (exact) mass is 567 g/mol. The van der Waals surface area contributed by atoms with Gasteiger partial charge in [0, 0.05) is 15.4 Å². The van der Waals surface area contributed by atoms with Crippen LogP contribution in [-0.2, 0) is 4.79 Å². The number of hydrazone groups is 1. The molecule has 0 N–H and O–H groups in total. The summed E-state index contributed by atoms with van der Waals surface area (Å²) >= 11 is 6.88. The number of ether oxygens (including phenoxy) is 1. The summed E-state index contributed by atoms with van der Waals surface area (Å²) in [4.78, 5) is 26.9. The number of ketones is 1. The molecule has 0 radical (unpaired) electrons. The second-order valence-corrected chi connectivity index (χ2v) is 9.68. The van der Waals surface area contributed by atoms with Gasteiger partial charge < -0.3 is 4.74 Å². The fourth-order valence-electron chi connectivity index (χ4n) is 4.18. The predicted octanol–water partition coefficient (Wildman–Crippen LogP) is 5.56. The maximum atomic E-state index is 12.8. The zero-order valence-corrected chi connectivity index (χ0v) is 20.8. The first-order chi connectivity index (χ1) is 15.9. The van der Waals surface area contributed by atoms with Gasteiger partial charge in [-0.3, -0.25) is 19.5 Å². The van der Waals surface area contributed by atoms with Crippen molar-refractivity contribution in [2.24, 2.45) is 5.10 Å². The van der Waals surface area contributed by atoms with Crippen molar-refractivity contribution in [3.63, 3.8) is 0 Å². The standard InChI is InChI=1S/C25H19Br2N3O3/c1-33-19-9-4-15(5-10-19)21-13-23(16-2-6-17(26)7-3-16)30(28-21)14-29-22-11-8-18(27)12-20(22)24(31)25(29)32/h2-12,23H,13-14H2,1H3/t23-/m0/s1. The van der Waals surface area contributed by atoms with Crippen molar-refractivity contribution in [1.29, 1.82) is 0 Å². The van der Waals surface area contributed by atoms with E-state index in [1.165, 1.54) is 4.90 Å². The summed E-state index contributed by atoms with van der Waals surface area (Å²) in [6, 6.07) is 21.1. The summed E-state index contributed by atoms with van der Waals surface area (Å²) in [5, 5.41) is 6.78. The van der Waals surface area contributed by atoms with Crippen LogP contribution < -0.4 is 9.64 Å². The number of hydrogen-bond acceptors (Lipinski definition) is 5. The van der Waals surface area contributed by atoms with Crippen LogP contribution >= 0.6 is 31.9 Å². The highest BCUT2D eigenvalue weighted by Gasteiger charge is 2.39. The highest BCUT2D eigenvalue weighted by molar-refractivity contribution is 9.10. The first kappa shape index (κ1) is 21.9. The molecule has 2 aliphatic rings. The Balaban J connectivity index is 1.50. The number of benzene rings is 3. The summed E-state index contributed by atoms with van der Waals surface area (Å²) < 4.78 is 7.03. The fraction of sp³-hybridized carbons (Fsp3) is 0.160. The lowest BCUT2D eigenvalue weighted by molar-refractivity contribution is -0.114. The van der Waals surface area contributed by atoms with Gasteiger partial charge in [-0.15, -0.1) is 0 Å². The normalized spacial score (nSPS) is 17.4. The summed E-state index contributed by atoms with van der Waals surface area (Å²) in [5.74, 6) is -0.251. The number of carbonyl (C=O) groups excluding carboxylic acids is 2. The Morgan fingerprint density at radius 3 is 2.36 bits per heavy atom. The third kappa shape index (κ3) is 4.09. The molecule has 0 aromatic heterocycles. The molecule has 33 heavy (non-hydrogen) atoms. The third-order valence-electron chi connectivity index (χ3n) is 5.89. The second-order valence-electron chi connectivity index (χ2n) is 7.85. The molecular formula is C25H19Br2N3O3. The molecule has 1 amide bonds. The van der Waals surface area contributed by atoms with Gasteiger partial charge >= 0.3 is 5.91 Å². The molecule has 0 fully saturated rings. The van der Waals surface area contributed by atoms with E-state index in [9.17, 15) is 9.59 Å². The minimum absolute atomic E-state index is 0.0717. The summed E-state index contributed by atoms with van der Waals surface area (Å²) in [7, 11) is 1.64. The number of carbonyl (C=O) groups is 2. The van der Waals surface area contributed by atoms with E-state index in [1.54, 1.807) is 19.2 Å². The molecule has 2 heterocycles. The Kier molecular flexibility index (Phi) is 5.80. The average molecular weight is 569 g/mol. The van der Waals surface area contributed by atoms with Crippen molar-refractivity contribution < 1.29 is 14.3 Å². The van der Waals surface area contributed by atoms with E-state index in [-0.39, 0.29) is 12.7 Å². The Labute approximate surface area is 208 Å². The lowest BCUT2D eigenvalue weighted by atomic mass is 9.98. The molecular weight excluding hydrogens is 550 g/mol. The SMILES string of the molecule is COc1ccc(C2=NN(CN3C(=O)C(=O)c4cc(Br)ccc43)[C@H](c3ccc(Br)cc3)C2)cc1. The first-order valence-corrected chi connectivity index (χ1v) is 11.9. The number of rotatable bonds is 5. The van der Waals surface area contributed by atoms with Gasteiger partial charge in [-0.1, -0.05) is 44.0 Å². The van der Waals surface area contributed by atoms with Gasteiger partial charge in [0.25, 0.3) is 5.78 Å². The van der Waals surface area contributed by atoms with Gasteiger partial charge in [-0.25, -0.2) is 0 Å². The van der Waals surface area contributed by atoms with Crippen LogP contribution in [0.2, 0.25) is 0 Å². The van der Waals surface area contributed by atoms with Crippen molar-refractivity contribution in [2.75, 3.05) is 18.7 Å². The molecule has 3 aromatic carbocycles. The minimum atomic E-state index is -0.536. The molecule has 0 aliphatic carbocycles. The van der Waals surface area contributed by atoms with E-state index in [4.69, 9.17) is 9.84 Å². The number of nitrogens with zero attached hydrogens (tertiary/aromatic N) is 3. The number of anilines is 1. The van der Waals surface area contributed by atoms with E-state index in [1.807, 2.05) is 47.5 Å². The first-order valence-electron chi connectivity index (χ1n) is 10.3. The average Bonchev–Trinajstić information content (AvgIpc) is 3.35. The zero-order chi connectivity index (χ0) is 23.1. The van der Waals surface area contributed by atoms with Crippen LogP contribution in [0.25, 0.3) is 0 Å². The van der Waals surface area contributed by atoms with E-state index in [0.717, 1.165) is 31.5 Å². The summed E-state index contributed by atoms with van der Waals surface area (Å²) in [6.07, 6.45) is 0.678. The Morgan fingerprint density at radius 2 is 1.67 bits per heavy atom. The Bertz CT molecular complexity index is 1270. The summed E-state index contributed by atoms with van der Waals surface area (Å²) in [6.45, 7) is 0.180. The molecule has 166 valence electrons. The van der Waals surface area contributed by atoms with Crippen molar-refractivity contribution >= 4 is 54.9 Å². The van der Waals surface area contributed by atoms with Gasteiger partial charge in [0.15, 0.2) is 0 Å². The number of methoxy groups -OCH3 is 1. The quantitative estimate of drug-likeness (QED) is 0.378. The van der Waals surface area contributed by atoms with Crippen molar-refractivity contribution in [1.82, 2.24) is 5.01 Å². The van der Waals surface area contributed by atoms with Gasteiger partial charge in [-0.2, -0.15) is 5.10 Å². The molecule has 0 saturated carbocycles. The second kappa shape index (κ2) is 8.76. The molecule has 5 rings (SSSR count). The van der Waals surface area contributed by atoms with Crippen LogP contribution in [0.5, 0.6) is 5.75 Å². The van der Waals surface area contributed by atoms with E-state index in [2.05, 4.69) is 44.0 Å². The lowest BCUT2D eigenvalue weighted by Gasteiger charge is -2.28. The molecule has 8 heteroatoms. The van der Waals surface area contributed by atoms with Gasteiger partial charge in [0.2, 0.25) is 0 Å². The maximum absolute atomic E-state index is 12.8. The number of fused-ring (bicyclic) bond motifs is 1. The molecule has 2 aliphatic heterocycles. The lowest BCUT2D eigenvalue weighted by Crippen LogP contribution is -2.39.